The van der Waals surface area contributed by atoms with E-state index in [1.54, 1.807) is 23.9 Å². The van der Waals surface area contributed by atoms with Gasteiger partial charge in [0.05, 0.1) is 23.3 Å². The number of rotatable bonds is 5. The van der Waals surface area contributed by atoms with Gasteiger partial charge in [0.2, 0.25) is 5.91 Å². The topological polar surface area (TPSA) is 81.4 Å². The Labute approximate surface area is 145 Å². The maximum absolute atomic E-state index is 12.3. The zero-order valence-electron chi connectivity index (χ0n) is 13.4. The van der Waals surface area contributed by atoms with Crippen LogP contribution in [0.3, 0.4) is 0 Å². The van der Waals surface area contributed by atoms with Crippen LogP contribution in [0, 0.1) is 22.7 Å². The smallest absolute Gasteiger partial charge is 0.307 e. The molecule has 1 spiro atoms. The fraction of sp³-hybridized carbons (Fsp3) is 0.500. The first-order valence-electron chi connectivity index (χ1n) is 8.11. The molecule has 2 fully saturated rings. The first kappa shape index (κ1) is 16.8. The molecule has 1 aliphatic heterocycles. The van der Waals surface area contributed by atoms with Crippen LogP contribution >= 0.6 is 11.8 Å². The van der Waals surface area contributed by atoms with Crippen molar-refractivity contribution in [2.24, 2.45) is 11.3 Å². The van der Waals surface area contributed by atoms with E-state index in [-0.39, 0.29) is 17.2 Å². The molecule has 1 aliphatic carbocycles. The van der Waals surface area contributed by atoms with E-state index >= 15 is 0 Å². The number of thioether (sulfide) groups is 1. The van der Waals surface area contributed by atoms with Crippen molar-refractivity contribution in [3.05, 3.63) is 35.4 Å². The van der Waals surface area contributed by atoms with Gasteiger partial charge < -0.3 is 10.0 Å². The lowest BCUT2D eigenvalue weighted by molar-refractivity contribution is -0.139. The summed E-state index contributed by atoms with van der Waals surface area (Å²) >= 11 is 1.57. The number of aliphatic carboxylic acids is 1. The Balaban J connectivity index is 1.40. The molecule has 1 heterocycles. The Kier molecular flexibility index (Phi) is 4.81. The van der Waals surface area contributed by atoms with Crippen molar-refractivity contribution in [3.8, 4) is 6.07 Å². The minimum absolute atomic E-state index is 0.0295. The molecule has 1 amide bonds. The van der Waals surface area contributed by atoms with Crippen LogP contribution < -0.4 is 0 Å². The minimum atomic E-state index is -0.687. The number of piperidine rings is 1. The molecule has 1 aromatic rings. The highest BCUT2D eigenvalue weighted by Gasteiger charge is 2.59. The molecular formula is C18H20N2O3S. The zero-order valence-corrected chi connectivity index (χ0v) is 14.2. The Morgan fingerprint density at radius 3 is 2.50 bits per heavy atom. The van der Waals surface area contributed by atoms with E-state index in [2.05, 4.69) is 6.07 Å². The van der Waals surface area contributed by atoms with E-state index in [4.69, 9.17) is 10.4 Å². The lowest BCUT2D eigenvalue weighted by atomic mass is 9.91. The van der Waals surface area contributed by atoms with Gasteiger partial charge in [-0.2, -0.15) is 5.26 Å². The third-order valence-corrected chi connectivity index (χ3v) is 6.17. The van der Waals surface area contributed by atoms with E-state index < -0.39 is 5.97 Å². The number of carbonyl (C=O) groups excluding carboxylic acids is 1. The van der Waals surface area contributed by atoms with Crippen molar-refractivity contribution < 1.29 is 14.7 Å². The molecule has 2 aliphatic rings. The standard InChI is InChI=1S/C18H20N2O3S/c19-10-13-1-3-14(4-2-13)11-24-12-16(21)20-7-5-18(6-8-20)9-15(18)17(22)23/h1-4,15H,5-9,11-12H2,(H,22,23). The quantitative estimate of drug-likeness (QED) is 0.887. The largest absolute Gasteiger partial charge is 0.481 e. The number of hydrogen-bond acceptors (Lipinski definition) is 4. The van der Waals surface area contributed by atoms with E-state index in [0.29, 0.717) is 24.4 Å². The molecule has 1 aromatic carbocycles. The highest BCUT2D eigenvalue weighted by molar-refractivity contribution is 7.99. The molecule has 1 saturated heterocycles. The molecule has 0 radical (unpaired) electrons. The van der Waals surface area contributed by atoms with Crippen LogP contribution in [0.5, 0.6) is 0 Å². The SMILES string of the molecule is N#Cc1ccc(CSCC(=O)N2CCC3(CC2)CC3C(=O)O)cc1. The number of likely N-dealkylation sites (tertiary alicyclic amines) is 1. The van der Waals surface area contributed by atoms with Crippen LogP contribution in [0.25, 0.3) is 0 Å². The molecule has 1 unspecified atom stereocenters. The van der Waals surface area contributed by atoms with Crippen molar-refractivity contribution in [1.29, 1.82) is 5.26 Å². The average molecular weight is 344 g/mol. The Bertz CT molecular complexity index is 672. The molecule has 1 N–H and O–H groups in total. The number of hydrogen-bond donors (Lipinski definition) is 1. The van der Waals surface area contributed by atoms with Crippen molar-refractivity contribution >= 4 is 23.6 Å². The van der Waals surface area contributed by atoms with Crippen molar-refractivity contribution in [1.82, 2.24) is 4.90 Å². The fourth-order valence-corrected chi connectivity index (χ4v) is 4.36. The molecule has 126 valence electrons. The Morgan fingerprint density at radius 2 is 1.96 bits per heavy atom. The summed E-state index contributed by atoms with van der Waals surface area (Å²) in [6.07, 6.45) is 2.41. The van der Waals surface area contributed by atoms with Gasteiger partial charge in [0.15, 0.2) is 0 Å². The number of nitrogens with zero attached hydrogens (tertiary/aromatic N) is 2. The first-order chi connectivity index (χ1) is 11.5. The molecule has 6 heteroatoms. The summed E-state index contributed by atoms with van der Waals surface area (Å²) < 4.78 is 0. The van der Waals surface area contributed by atoms with Crippen LogP contribution in [0.1, 0.15) is 30.4 Å². The van der Waals surface area contributed by atoms with Gasteiger partial charge in [0.1, 0.15) is 0 Å². The summed E-state index contributed by atoms with van der Waals surface area (Å²) in [5, 5.41) is 17.9. The average Bonchev–Trinajstić information content (AvgIpc) is 3.30. The van der Waals surface area contributed by atoms with Gasteiger partial charge in [0.25, 0.3) is 0 Å². The van der Waals surface area contributed by atoms with Gasteiger partial charge in [0, 0.05) is 18.8 Å². The molecule has 3 rings (SSSR count). The Morgan fingerprint density at radius 1 is 1.29 bits per heavy atom. The molecule has 1 atom stereocenters. The molecule has 0 bridgehead atoms. The lowest BCUT2D eigenvalue weighted by Crippen LogP contribution is -2.40. The number of amides is 1. The summed E-state index contributed by atoms with van der Waals surface area (Å²) in [5.74, 6) is 0.440. The summed E-state index contributed by atoms with van der Waals surface area (Å²) in [7, 11) is 0. The van der Waals surface area contributed by atoms with Gasteiger partial charge in [-0.05, 0) is 42.4 Å². The van der Waals surface area contributed by atoms with Crippen LogP contribution in [-0.4, -0.2) is 40.7 Å². The highest BCUT2D eigenvalue weighted by atomic mass is 32.2. The number of benzene rings is 1. The number of carbonyl (C=O) groups is 2. The maximum Gasteiger partial charge on any atom is 0.307 e. The van der Waals surface area contributed by atoms with Crippen molar-refractivity contribution in [2.45, 2.75) is 25.0 Å². The number of carboxylic acid groups (broad SMARTS) is 1. The van der Waals surface area contributed by atoms with Gasteiger partial charge >= 0.3 is 5.97 Å². The highest BCUT2D eigenvalue weighted by Crippen LogP contribution is 2.59. The third-order valence-electron chi connectivity index (χ3n) is 5.18. The zero-order chi connectivity index (χ0) is 17.2. The molecule has 24 heavy (non-hydrogen) atoms. The van der Waals surface area contributed by atoms with E-state index in [1.807, 2.05) is 17.0 Å². The minimum Gasteiger partial charge on any atom is -0.481 e. The molecule has 1 saturated carbocycles. The van der Waals surface area contributed by atoms with E-state index in [9.17, 15) is 9.59 Å². The van der Waals surface area contributed by atoms with Crippen LogP contribution in [0.15, 0.2) is 24.3 Å². The normalized spacial score (nSPS) is 21.3. The molecular weight excluding hydrogens is 324 g/mol. The maximum atomic E-state index is 12.3. The van der Waals surface area contributed by atoms with Crippen molar-refractivity contribution in [2.75, 3.05) is 18.8 Å². The molecule has 0 aromatic heterocycles. The third kappa shape index (κ3) is 3.57. The monoisotopic (exact) mass is 344 g/mol. The second-order valence-corrected chi connectivity index (χ2v) is 7.63. The number of carboxylic acids is 1. The first-order valence-corrected chi connectivity index (χ1v) is 9.27. The lowest BCUT2D eigenvalue weighted by Gasteiger charge is -2.32. The fourth-order valence-electron chi connectivity index (χ4n) is 3.47. The van der Waals surface area contributed by atoms with E-state index in [0.717, 1.165) is 30.6 Å². The summed E-state index contributed by atoms with van der Waals surface area (Å²) in [4.78, 5) is 25.2. The van der Waals surface area contributed by atoms with Crippen LogP contribution in [-0.2, 0) is 15.3 Å². The second-order valence-electron chi connectivity index (χ2n) is 6.64. The predicted octanol–water partition coefficient (Wildman–Crippen LogP) is 2.50. The second kappa shape index (κ2) is 6.86. The van der Waals surface area contributed by atoms with Crippen molar-refractivity contribution in [3.63, 3.8) is 0 Å². The van der Waals surface area contributed by atoms with Gasteiger partial charge in [-0.3, -0.25) is 9.59 Å². The summed E-state index contributed by atoms with van der Waals surface area (Å²) in [5.41, 5.74) is 1.71. The summed E-state index contributed by atoms with van der Waals surface area (Å²) in [6, 6.07) is 9.50. The predicted molar refractivity (Wildman–Crippen MR) is 91.3 cm³/mol. The van der Waals surface area contributed by atoms with Gasteiger partial charge in [-0.15, -0.1) is 11.8 Å². The van der Waals surface area contributed by atoms with Crippen LogP contribution in [0.4, 0.5) is 0 Å². The van der Waals surface area contributed by atoms with Crippen LogP contribution in [0.2, 0.25) is 0 Å². The number of nitriles is 1. The Hall–Kier alpha value is -2.00. The molecule has 5 nitrogen and oxygen atoms in total. The summed E-state index contributed by atoms with van der Waals surface area (Å²) in [6.45, 7) is 1.36. The van der Waals surface area contributed by atoms with Gasteiger partial charge in [-0.25, -0.2) is 0 Å². The van der Waals surface area contributed by atoms with Gasteiger partial charge in [-0.1, -0.05) is 12.1 Å². The van der Waals surface area contributed by atoms with E-state index in [1.165, 1.54) is 0 Å².